The second kappa shape index (κ2) is 10.7. The third-order valence-corrected chi connectivity index (χ3v) is 8.76. The van der Waals surface area contributed by atoms with Crippen LogP contribution in [0.1, 0.15) is 85.7 Å². The molecule has 1 saturated carbocycles. The van der Waals surface area contributed by atoms with E-state index in [9.17, 15) is 32.3 Å². The molecule has 2 fully saturated rings. The Labute approximate surface area is 243 Å². The van der Waals surface area contributed by atoms with Crippen molar-refractivity contribution >= 4 is 23.2 Å². The van der Waals surface area contributed by atoms with Crippen LogP contribution in [0.5, 0.6) is 0 Å². The van der Waals surface area contributed by atoms with Crippen molar-refractivity contribution < 1.29 is 36.7 Å². The summed E-state index contributed by atoms with van der Waals surface area (Å²) in [6, 6.07) is 2.76. The lowest BCUT2D eigenvalue weighted by Crippen LogP contribution is -2.43. The summed E-state index contributed by atoms with van der Waals surface area (Å²) in [5.41, 5.74) is -0.498. The van der Waals surface area contributed by atoms with Crippen LogP contribution in [0.3, 0.4) is 0 Å². The van der Waals surface area contributed by atoms with Crippen LogP contribution in [-0.4, -0.2) is 68.5 Å². The van der Waals surface area contributed by atoms with Crippen LogP contribution in [0.2, 0.25) is 0 Å². The standard InChI is InChI=1S/C28H31F4N5O4S/c1-14(28(30,31)32)33-21(38)16-11-15(12-17(13-16)27(4)7-8-27)20-19(24(39)37-9-5-18(29)6-10-37)34-23(42-20)22-35-36-25(41-22)26(2,3)40/h11-14,18,40H,5-10H2,1-4H3,(H,33,38). The van der Waals surface area contributed by atoms with Gasteiger partial charge in [0.1, 0.15) is 23.5 Å². The van der Waals surface area contributed by atoms with Gasteiger partial charge in [-0.05, 0) is 81.2 Å². The van der Waals surface area contributed by atoms with Crippen LogP contribution in [0.4, 0.5) is 17.6 Å². The number of nitrogens with zero attached hydrogens (tertiary/aromatic N) is 4. The van der Waals surface area contributed by atoms with Gasteiger partial charge >= 0.3 is 6.18 Å². The lowest BCUT2D eigenvalue weighted by molar-refractivity contribution is -0.149. The Morgan fingerprint density at radius 2 is 1.83 bits per heavy atom. The summed E-state index contributed by atoms with van der Waals surface area (Å²) in [7, 11) is 0. The van der Waals surface area contributed by atoms with Gasteiger partial charge in [-0.1, -0.05) is 6.92 Å². The summed E-state index contributed by atoms with van der Waals surface area (Å²) < 4.78 is 59.1. The zero-order valence-electron chi connectivity index (χ0n) is 23.5. The van der Waals surface area contributed by atoms with Crippen LogP contribution >= 0.6 is 11.3 Å². The minimum atomic E-state index is -4.62. The second-order valence-corrected chi connectivity index (χ2v) is 12.7. The highest BCUT2D eigenvalue weighted by atomic mass is 32.1. The van der Waals surface area contributed by atoms with E-state index in [1.54, 1.807) is 6.07 Å². The number of halogens is 4. The smallest absolute Gasteiger partial charge is 0.408 e. The molecule has 2 aliphatic rings. The number of aliphatic hydroxyl groups is 1. The van der Waals surface area contributed by atoms with Crippen LogP contribution in [-0.2, 0) is 11.0 Å². The van der Waals surface area contributed by atoms with E-state index in [-0.39, 0.29) is 59.4 Å². The van der Waals surface area contributed by atoms with Gasteiger partial charge < -0.3 is 19.7 Å². The fraction of sp³-hybridized carbons (Fsp3) is 0.536. The number of benzene rings is 1. The molecule has 9 nitrogen and oxygen atoms in total. The molecule has 5 rings (SSSR count). The van der Waals surface area contributed by atoms with E-state index >= 15 is 0 Å². The number of amides is 2. The second-order valence-electron chi connectivity index (χ2n) is 11.7. The normalized spacial score (nSPS) is 18.2. The summed E-state index contributed by atoms with van der Waals surface area (Å²) in [6.45, 7) is 6.18. The van der Waals surface area contributed by atoms with E-state index in [4.69, 9.17) is 4.42 Å². The number of carbonyl (C=O) groups is 2. The molecule has 3 aromatic rings. The van der Waals surface area contributed by atoms with E-state index in [0.717, 1.165) is 36.7 Å². The largest absolute Gasteiger partial charge is 0.415 e. The molecule has 2 amide bonds. The Morgan fingerprint density at radius 1 is 1.17 bits per heavy atom. The topological polar surface area (TPSA) is 121 Å². The number of thiazole rings is 1. The number of nitrogens with one attached hydrogen (secondary N) is 1. The van der Waals surface area contributed by atoms with Gasteiger partial charge in [-0.25, -0.2) is 9.37 Å². The maximum Gasteiger partial charge on any atom is 0.408 e. The number of hydrogen-bond donors (Lipinski definition) is 2. The van der Waals surface area contributed by atoms with Crippen molar-refractivity contribution in [3.63, 3.8) is 0 Å². The van der Waals surface area contributed by atoms with E-state index in [2.05, 4.69) is 15.2 Å². The average molecular weight is 610 g/mol. The Bertz CT molecular complexity index is 1500. The molecule has 3 heterocycles. The lowest BCUT2D eigenvalue weighted by Gasteiger charge is -2.28. The van der Waals surface area contributed by atoms with Crippen molar-refractivity contribution in [2.24, 2.45) is 0 Å². The van der Waals surface area contributed by atoms with Gasteiger partial charge in [-0.3, -0.25) is 9.59 Å². The number of piperidine rings is 1. The van der Waals surface area contributed by atoms with Crippen molar-refractivity contribution in [3.05, 3.63) is 40.9 Å². The Hall–Kier alpha value is -3.39. The number of likely N-dealkylation sites (tertiary alicyclic amines) is 1. The van der Waals surface area contributed by atoms with E-state index in [1.165, 1.54) is 24.8 Å². The fourth-order valence-corrected chi connectivity index (χ4v) is 5.55. The zero-order chi connectivity index (χ0) is 30.6. The number of aromatic nitrogens is 3. The van der Waals surface area contributed by atoms with Gasteiger partial charge in [0, 0.05) is 18.7 Å². The number of hydrogen-bond acceptors (Lipinski definition) is 8. The monoisotopic (exact) mass is 609 g/mol. The zero-order valence-corrected chi connectivity index (χ0v) is 24.3. The van der Waals surface area contributed by atoms with E-state index < -0.39 is 35.8 Å². The molecule has 226 valence electrons. The number of rotatable bonds is 7. The third-order valence-electron chi connectivity index (χ3n) is 7.67. The number of carbonyl (C=O) groups excluding carboxylic acids is 2. The molecule has 1 atom stereocenters. The Morgan fingerprint density at radius 3 is 2.40 bits per heavy atom. The molecule has 0 spiro atoms. The van der Waals surface area contributed by atoms with Gasteiger partial charge in [0.05, 0.1) is 4.88 Å². The summed E-state index contributed by atoms with van der Waals surface area (Å²) in [5.74, 6) is -1.46. The first-order valence-corrected chi connectivity index (χ1v) is 14.4. The molecule has 0 bridgehead atoms. The summed E-state index contributed by atoms with van der Waals surface area (Å²) >= 11 is 1.04. The van der Waals surface area contributed by atoms with Crippen molar-refractivity contribution in [3.8, 4) is 21.3 Å². The van der Waals surface area contributed by atoms with Crippen molar-refractivity contribution in [1.29, 1.82) is 0 Å². The van der Waals surface area contributed by atoms with E-state index in [0.29, 0.717) is 10.4 Å². The molecule has 1 aliphatic carbocycles. The molecule has 0 radical (unpaired) electrons. The van der Waals surface area contributed by atoms with Crippen LogP contribution in [0.25, 0.3) is 21.3 Å². The molecular formula is C28H31F4N5O4S. The van der Waals surface area contributed by atoms with E-state index in [1.807, 2.05) is 18.3 Å². The molecule has 2 aromatic heterocycles. The van der Waals surface area contributed by atoms with Gasteiger partial charge in [-0.15, -0.1) is 21.5 Å². The lowest BCUT2D eigenvalue weighted by atomic mass is 9.93. The third kappa shape index (κ3) is 6.19. The molecule has 42 heavy (non-hydrogen) atoms. The quantitative estimate of drug-likeness (QED) is 0.345. The molecule has 1 aliphatic heterocycles. The minimum Gasteiger partial charge on any atom is -0.415 e. The highest BCUT2D eigenvalue weighted by Crippen LogP contribution is 2.49. The summed E-state index contributed by atoms with van der Waals surface area (Å²) in [4.78, 5) is 33.1. The van der Waals surface area contributed by atoms with Gasteiger partial charge in [0.25, 0.3) is 17.7 Å². The van der Waals surface area contributed by atoms with Crippen molar-refractivity contribution in [1.82, 2.24) is 25.4 Å². The molecular weight excluding hydrogens is 578 g/mol. The van der Waals surface area contributed by atoms with Crippen molar-refractivity contribution in [2.45, 2.75) is 82.8 Å². The first kappa shape index (κ1) is 30.1. The summed E-state index contributed by atoms with van der Waals surface area (Å²) in [5, 5.41) is 20.3. The first-order chi connectivity index (χ1) is 19.5. The minimum absolute atomic E-state index is 0.0143. The Kier molecular flexibility index (Phi) is 7.67. The predicted molar refractivity (Wildman–Crippen MR) is 146 cm³/mol. The van der Waals surface area contributed by atoms with Gasteiger partial charge in [0.15, 0.2) is 5.01 Å². The molecule has 2 N–H and O–H groups in total. The molecule has 1 unspecified atom stereocenters. The number of alkyl halides is 4. The van der Waals surface area contributed by atoms with Crippen LogP contribution < -0.4 is 5.32 Å². The van der Waals surface area contributed by atoms with Crippen LogP contribution in [0, 0.1) is 0 Å². The molecule has 14 heteroatoms. The van der Waals surface area contributed by atoms with Crippen LogP contribution in [0.15, 0.2) is 22.6 Å². The molecule has 1 aromatic carbocycles. The highest BCUT2D eigenvalue weighted by molar-refractivity contribution is 7.18. The maximum absolute atomic E-state index is 13.8. The molecule has 1 saturated heterocycles. The maximum atomic E-state index is 13.8. The van der Waals surface area contributed by atoms with Crippen molar-refractivity contribution in [2.75, 3.05) is 13.1 Å². The SMILES string of the molecule is CC(NC(=O)c1cc(-c2sc(-c3nnc(C(C)(C)O)o3)nc2C(=O)N2CCC(F)CC2)cc(C2(C)CC2)c1)C(F)(F)F. The fourth-order valence-electron chi connectivity index (χ4n) is 4.59. The van der Waals surface area contributed by atoms with Gasteiger partial charge in [0.2, 0.25) is 5.89 Å². The highest BCUT2D eigenvalue weighted by Gasteiger charge is 2.41. The average Bonchev–Trinajstić information content (AvgIpc) is 3.30. The first-order valence-electron chi connectivity index (χ1n) is 13.6. The van der Waals surface area contributed by atoms with Gasteiger partial charge in [-0.2, -0.15) is 13.2 Å². The predicted octanol–water partition coefficient (Wildman–Crippen LogP) is 5.39. The Balaban J connectivity index is 1.61. The summed E-state index contributed by atoms with van der Waals surface area (Å²) in [6.07, 6.45) is -3.59.